The van der Waals surface area contributed by atoms with Crippen molar-refractivity contribution in [2.45, 2.75) is 44.5 Å². The lowest BCUT2D eigenvalue weighted by molar-refractivity contribution is -0.205. The number of alkyl halides is 3. The van der Waals surface area contributed by atoms with Gasteiger partial charge >= 0.3 is 12.1 Å². The Morgan fingerprint density at radius 3 is 2.25 bits per heavy atom. The number of ketones is 1. The first-order valence-electron chi connectivity index (χ1n) is 10.6. The van der Waals surface area contributed by atoms with Gasteiger partial charge in [0.25, 0.3) is 0 Å². The van der Waals surface area contributed by atoms with Crippen LogP contribution in [0.2, 0.25) is 0 Å². The van der Waals surface area contributed by atoms with Crippen molar-refractivity contribution >= 4 is 17.4 Å². The van der Waals surface area contributed by atoms with Gasteiger partial charge in [0.05, 0.1) is 0 Å². The summed E-state index contributed by atoms with van der Waals surface area (Å²) in [7, 11) is 0. The predicted molar refractivity (Wildman–Crippen MR) is 115 cm³/mol. The van der Waals surface area contributed by atoms with E-state index >= 15 is 0 Å². The van der Waals surface area contributed by atoms with Crippen LogP contribution < -0.4 is 5.73 Å². The van der Waals surface area contributed by atoms with E-state index in [0.717, 1.165) is 32.5 Å². The summed E-state index contributed by atoms with van der Waals surface area (Å²) in [5, 5.41) is 0. The van der Waals surface area contributed by atoms with Crippen molar-refractivity contribution < 1.29 is 27.5 Å². The fourth-order valence-electron chi connectivity index (χ4n) is 3.98. The number of carbonyl (C=O) groups is 2. The first-order chi connectivity index (χ1) is 15.2. The summed E-state index contributed by atoms with van der Waals surface area (Å²) in [5.74, 6) is -2.56. The monoisotopic (exact) mass is 448 g/mol. The van der Waals surface area contributed by atoms with E-state index in [0.29, 0.717) is 11.3 Å². The van der Waals surface area contributed by atoms with E-state index in [1.165, 1.54) is 17.7 Å². The van der Waals surface area contributed by atoms with Gasteiger partial charge in [0.1, 0.15) is 6.10 Å². The number of likely N-dealkylation sites (tertiary alicyclic amines) is 1. The molecule has 1 aliphatic heterocycles. The molecular formula is C24H27F3N2O3. The number of benzene rings is 2. The molecule has 2 aromatic rings. The first kappa shape index (κ1) is 23.8. The molecule has 1 saturated heterocycles. The third kappa shape index (κ3) is 7.09. The number of Topliss-reactive ketones (excluding diaryl/α,β-unsaturated/α-hetero) is 1. The second-order valence-electron chi connectivity index (χ2n) is 8.22. The van der Waals surface area contributed by atoms with Crippen LogP contribution in [-0.4, -0.2) is 42.0 Å². The third-order valence-corrected chi connectivity index (χ3v) is 5.70. The Morgan fingerprint density at radius 1 is 1.03 bits per heavy atom. The van der Waals surface area contributed by atoms with Gasteiger partial charge in [-0.2, -0.15) is 13.2 Å². The van der Waals surface area contributed by atoms with Gasteiger partial charge in [0, 0.05) is 24.2 Å². The second-order valence-corrected chi connectivity index (χ2v) is 8.22. The van der Waals surface area contributed by atoms with Crippen molar-refractivity contribution in [1.29, 1.82) is 0 Å². The predicted octanol–water partition coefficient (Wildman–Crippen LogP) is 4.62. The Labute approximate surface area is 185 Å². The standard InChI is InChI=1S/C24H27F3N2O3/c25-24(26,27)23(31)32-21(15-22(30)19-6-8-20(28)9-7-19)14-17-10-12-29(13-11-17)16-18-4-2-1-3-5-18/h1-9,17,21H,10-16,28H2. The second kappa shape index (κ2) is 10.6. The number of nitrogens with zero attached hydrogens (tertiary/aromatic N) is 1. The summed E-state index contributed by atoms with van der Waals surface area (Å²) >= 11 is 0. The quantitative estimate of drug-likeness (QED) is 0.363. The zero-order chi connectivity index (χ0) is 23.1. The largest absolute Gasteiger partial charge is 0.490 e. The third-order valence-electron chi connectivity index (χ3n) is 5.70. The SMILES string of the molecule is Nc1ccc(C(=O)CC(CC2CCN(Cc3ccccc3)CC2)OC(=O)C(F)(F)F)cc1. The van der Waals surface area contributed by atoms with Crippen LogP contribution in [0, 0.1) is 5.92 Å². The highest BCUT2D eigenvalue weighted by molar-refractivity contribution is 5.96. The molecule has 0 amide bonds. The average Bonchev–Trinajstić information content (AvgIpc) is 2.75. The molecule has 0 aliphatic carbocycles. The molecule has 5 nitrogen and oxygen atoms in total. The van der Waals surface area contributed by atoms with E-state index < -0.39 is 18.2 Å². The molecule has 1 heterocycles. The number of rotatable bonds is 8. The molecule has 2 N–H and O–H groups in total. The van der Waals surface area contributed by atoms with Crippen LogP contribution in [0.5, 0.6) is 0 Å². The number of hydrogen-bond donors (Lipinski definition) is 1. The van der Waals surface area contributed by atoms with Gasteiger partial charge in [0.2, 0.25) is 0 Å². The minimum Gasteiger partial charge on any atom is -0.455 e. The van der Waals surface area contributed by atoms with Crippen LogP contribution >= 0.6 is 0 Å². The lowest BCUT2D eigenvalue weighted by Gasteiger charge is -2.33. The highest BCUT2D eigenvalue weighted by atomic mass is 19.4. The Bertz CT molecular complexity index is 893. The van der Waals surface area contributed by atoms with Crippen molar-refractivity contribution in [1.82, 2.24) is 4.90 Å². The van der Waals surface area contributed by atoms with Crippen LogP contribution in [0.15, 0.2) is 54.6 Å². The van der Waals surface area contributed by atoms with Crippen LogP contribution in [-0.2, 0) is 16.1 Å². The van der Waals surface area contributed by atoms with E-state index in [-0.39, 0.29) is 24.5 Å². The zero-order valence-corrected chi connectivity index (χ0v) is 17.7. The fraction of sp³-hybridized carbons (Fsp3) is 0.417. The average molecular weight is 448 g/mol. The fourth-order valence-corrected chi connectivity index (χ4v) is 3.98. The van der Waals surface area contributed by atoms with Gasteiger partial charge in [-0.05, 0) is 68.1 Å². The van der Waals surface area contributed by atoms with Crippen molar-refractivity contribution in [3.05, 3.63) is 65.7 Å². The normalized spacial score (nSPS) is 16.5. The van der Waals surface area contributed by atoms with E-state index in [2.05, 4.69) is 17.0 Å². The Balaban J connectivity index is 1.59. The lowest BCUT2D eigenvalue weighted by atomic mass is 9.89. The molecule has 0 saturated carbocycles. The summed E-state index contributed by atoms with van der Waals surface area (Å²) in [4.78, 5) is 26.3. The van der Waals surface area contributed by atoms with Gasteiger partial charge < -0.3 is 10.5 Å². The molecule has 0 aromatic heterocycles. The minimum atomic E-state index is -5.10. The number of carbonyl (C=O) groups excluding carboxylic acids is 2. The van der Waals surface area contributed by atoms with E-state index in [1.807, 2.05) is 18.2 Å². The Kier molecular flexibility index (Phi) is 7.90. The Hall–Kier alpha value is -2.87. The highest BCUT2D eigenvalue weighted by Gasteiger charge is 2.43. The number of piperidine rings is 1. The number of esters is 1. The molecule has 8 heteroatoms. The van der Waals surface area contributed by atoms with E-state index in [1.54, 1.807) is 12.1 Å². The Morgan fingerprint density at radius 2 is 1.66 bits per heavy atom. The van der Waals surface area contributed by atoms with E-state index in [9.17, 15) is 22.8 Å². The van der Waals surface area contributed by atoms with Crippen molar-refractivity contribution in [2.24, 2.45) is 5.92 Å². The molecule has 0 radical (unpaired) electrons. The first-order valence-corrected chi connectivity index (χ1v) is 10.6. The van der Waals surface area contributed by atoms with Crippen molar-refractivity contribution in [2.75, 3.05) is 18.8 Å². The number of anilines is 1. The maximum absolute atomic E-state index is 12.8. The molecule has 172 valence electrons. The van der Waals surface area contributed by atoms with Crippen LogP contribution in [0.4, 0.5) is 18.9 Å². The topological polar surface area (TPSA) is 72.6 Å². The van der Waals surface area contributed by atoms with Crippen molar-refractivity contribution in [3.63, 3.8) is 0 Å². The van der Waals surface area contributed by atoms with Gasteiger partial charge in [-0.25, -0.2) is 4.79 Å². The number of ether oxygens (including phenoxy) is 1. The van der Waals surface area contributed by atoms with Gasteiger partial charge in [-0.1, -0.05) is 30.3 Å². The summed E-state index contributed by atoms with van der Waals surface area (Å²) in [6.07, 6.45) is -4.76. The molecule has 0 bridgehead atoms. The minimum absolute atomic E-state index is 0.0762. The molecule has 1 atom stereocenters. The maximum atomic E-state index is 12.8. The van der Waals surface area contributed by atoms with Crippen molar-refractivity contribution in [3.8, 4) is 0 Å². The number of hydrogen-bond acceptors (Lipinski definition) is 5. The summed E-state index contributed by atoms with van der Waals surface area (Å²) < 4.78 is 43.0. The molecule has 1 fully saturated rings. The summed E-state index contributed by atoms with van der Waals surface area (Å²) in [5.41, 5.74) is 7.62. The van der Waals surface area contributed by atoms with E-state index in [4.69, 9.17) is 10.5 Å². The molecule has 1 unspecified atom stereocenters. The van der Waals surface area contributed by atoms with Crippen LogP contribution in [0.1, 0.15) is 41.6 Å². The van der Waals surface area contributed by atoms with Gasteiger partial charge in [0.15, 0.2) is 5.78 Å². The summed E-state index contributed by atoms with van der Waals surface area (Å²) in [6.45, 7) is 2.41. The molecule has 0 spiro atoms. The molecule has 32 heavy (non-hydrogen) atoms. The molecule has 1 aliphatic rings. The number of nitrogens with two attached hydrogens (primary N) is 1. The van der Waals surface area contributed by atoms with Gasteiger partial charge in [-0.15, -0.1) is 0 Å². The summed E-state index contributed by atoms with van der Waals surface area (Å²) in [6, 6.07) is 16.2. The molecule has 3 rings (SSSR count). The molecular weight excluding hydrogens is 421 g/mol. The van der Waals surface area contributed by atoms with Crippen LogP contribution in [0.25, 0.3) is 0 Å². The molecule has 2 aromatic carbocycles. The number of nitrogen functional groups attached to an aromatic ring is 1. The lowest BCUT2D eigenvalue weighted by Crippen LogP contribution is -2.36. The zero-order valence-electron chi connectivity index (χ0n) is 17.7. The highest BCUT2D eigenvalue weighted by Crippen LogP contribution is 2.28. The number of halogens is 3. The maximum Gasteiger partial charge on any atom is 0.490 e. The smallest absolute Gasteiger partial charge is 0.455 e. The van der Waals surface area contributed by atoms with Gasteiger partial charge in [-0.3, -0.25) is 9.69 Å². The van der Waals surface area contributed by atoms with Crippen LogP contribution in [0.3, 0.4) is 0 Å².